The van der Waals surface area contributed by atoms with Crippen LogP contribution in [0.1, 0.15) is 0 Å². The first-order chi connectivity index (χ1) is 9.58. The lowest BCUT2D eigenvalue weighted by molar-refractivity contribution is 0.620. The van der Waals surface area contributed by atoms with Gasteiger partial charge in [0.05, 0.1) is 10.2 Å². The molecule has 0 saturated heterocycles. The number of nitrogens with two attached hydrogens (primary N) is 1. The van der Waals surface area contributed by atoms with Crippen molar-refractivity contribution in [2.45, 2.75) is 0 Å². The summed E-state index contributed by atoms with van der Waals surface area (Å²) in [6.07, 6.45) is 0. The minimum Gasteiger partial charge on any atom is -0.385 e. The molecule has 0 aliphatic carbocycles. The molecule has 0 unspecified atom stereocenters. The molecule has 0 fully saturated rings. The lowest BCUT2D eigenvalue weighted by atomic mass is 10.1. The fourth-order valence-corrected chi connectivity index (χ4v) is 2.54. The van der Waals surface area contributed by atoms with Gasteiger partial charge in [0.15, 0.2) is 0 Å². The molecule has 0 atom stereocenters. The molecular formula is C15H10BrFN2O. The highest BCUT2D eigenvalue weighted by molar-refractivity contribution is 9.10. The molecular weight excluding hydrogens is 323 g/mol. The molecule has 0 bridgehead atoms. The van der Waals surface area contributed by atoms with Crippen LogP contribution in [0.3, 0.4) is 0 Å². The van der Waals surface area contributed by atoms with Crippen LogP contribution in [0.4, 0.5) is 10.2 Å². The number of hydrogen-bond donors (Lipinski definition) is 1. The van der Waals surface area contributed by atoms with Gasteiger partial charge >= 0.3 is 0 Å². The molecule has 2 N–H and O–H groups in total. The average Bonchev–Trinajstić information content (AvgIpc) is 2.43. The van der Waals surface area contributed by atoms with Gasteiger partial charge in [-0.1, -0.05) is 18.2 Å². The SMILES string of the molecule is Nc1cc2ccccc2c(=O)n1-c1ccc(F)c(Br)c1. The molecule has 1 heterocycles. The quantitative estimate of drug-likeness (QED) is 0.741. The van der Waals surface area contributed by atoms with E-state index in [1.807, 2.05) is 12.1 Å². The Bertz CT molecular complexity index is 873. The van der Waals surface area contributed by atoms with Gasteiger partial charge in [-0.2, -0.15) is 0 Å². The van der Waals surface area contributed by atoms with Crippen LogP contribution in [-0.4, -0.2) is 4.57 Å². The van der Waals surface area contributed by atoms with E-state index >= 15 is 0 Å². The monoisotopic (exact) mass is 332 g/mol. The topological polar surface area (TPSA) is 48.0 Å². The molecule has 0 spiro atoms. The number of aromatic nitrogens is 1. The molecule has 0 radical (unpaired) electrons. The van der Waals surface area contributed by atoms with E-state index in [-0.39, 0.29) is 15.8 Å². The second-order valence-corrected chi connectivity index (χ2v) is 5.25. The molecule has 100 valence electrons. The summed E-state index contributed by atoms with van der Waals surface area (Å²) < 4.78 is 15.0. The number of nitrogen functional groups attached to an aromatic ring is 1. The summed E-state index contributed by atoms with van der Waals surface area (Å²) in [5, 5.41) is 1.36. The first-order valence-corrected chi connectivity index (χ1v) is 6.73. The average molecular weight is 333 g/mol. The van der Waals surface area contributed by atoms with Crippen molar-refractivity contribution in [3.05, 3.63) is 69.2 Å². The highest BCUT2D eigenvalue weighted by Gasteiger charge is 2.10. The van der Waals surface area contributed by atoms with Crippen molar-refractivity contribution in [2.24, 2.45) is 0 Å². The lowest BCUT2D eigenvalue weighted by Gasteiger charge is -2.11. The Hall–Kier alpha value is -2.14. The van der Waals surface area contributed by atoms with Crippen LogP contribution in [0.2, 0.25) is 0 Å². The minimum absolute atomic E-state index is 0.223. The summed E-state index contributed by atoms with van der Waals surface area (Å²) >= 11 is 3.11. The number of pyridine rings is 1. The van der Waals surface area contributed by atoms with Crippen LogP contribution in [0.15, 0.2) is 57.8 Å². The predicted molar refractivity (Wildman–Crippen MR) is 81.6 cm³/mol. The maximum absolute atomic E-state index is 13.3. The Morgan fingerprint density at radius 1 is 1.10 bits per heavy atom. The second kappa shape index (κ2) is 4.76. The summed E-state index contributed by atoms with van der Waals surface area (Å²) in [5.74, 6) is -0.0756. The minimum atomic E-state index is -0.388. The van der Waals surface area contributed by atoms with Crippen LogP contribution >= 0.6 is 15.9 Å². The van der Waals surface area contributed by atoms with Gasteiger partial charge in [-0.05, 0) is 51.6 Å². The molecule has 0 amide bonds. The molecule has 5 heteroatoms. The number of benzene rings is 2. The summed E-state index contributed by atoms with van der Waals surface area (Å²) in [5.41, 5.74) is 6.26. The van der Waals surface area contributed by atoms with Gasteiger partial charge in [-0.15, -0.1) is 0 Å². The summed E-state index contributed by atoms with van der Waals surface area (Å²) in [6.45, 7) is 0. The van der Waals surface area contributed by atoms with Crippen LogP contribution < -0.4 is 11.3 Å². The number of fused-ring (bicyclic) bond motifs is 1. The Morgan fingerprint density at radius 2 is 1.85 bits per heavy atom. The van der Waals surface area contributed by atoms with Gasteiger partial charge < -0.3 is 5.73 Å². The molecule has 20 heavy (non-hydrogen) atoms. The lowest BCUT2D eigenvalue weighted by Crippen LogP contribution is -2.21. The first kappa shape index (κ1) is 12.9. The van der Waals surface area contributed by atoms with Crippen LogP contribution in [0.25, 0.3) is 16.5 Å². The Balaban J connectivity index is 2.36. The van der Waals surface area contributed by atoms with Crippen molar-refractivity contribution in [3.8, 4) is 5.69 Å². The third kappa shape index (κ3) is 2.00. The zero-order valence-electron chi connectivity index (χ0n) is 10.3. The molecule has 2 aromatic carbocycles. The van der Waals surface area contributed by atoms with Crippen molar-refractivity contribution in [3.63, 3.8) is 0 Å². The van der Waals surface area contributed by atoms with Gasteiger partial charge in [0.25, 0.3) is 5.56 Å². The third-order valence-electron chi connectivity index (χ3n) is 3.12. The van der Waals surface area contributed by atoms with Gasteiger partial charge in [-0.3, -0.25) is 9.36 Å². The smallest absolute Gasteiger partial charge is 0.264 e. The van der Waals surface area contributed by atoms with Crippen molar-refractivity contribution >= 4 is 32.5 Å². The maximum atomic E-state index is 13.3. The number of rotatable bonds is 1. The highest BCUT2D eigenvalue weighted by atomic mass is 79.9. The predicted octanol–water partition coefficient (Wildman–Crippen LogP) is 3.47. The summed E-state index contributed by atoms with van der Waals surface area (Å²) in [6, 6.07) is 13.3. The molecule has 3 nitrogen and oxygen atoms in total. The van der Waals surface area contributed by atoms with E-state index in [1.165, 1.54) is 22.8 Å². The van der Waals surface area contributed by atoms with E-state index < -0.39 is 0 Å². The largest absolute Gasteiger partial charge is 0.385 e. The van der Waals surface area contributed by atoms with Gasteiger partial charge in [-0.25, -0.2) is 4.39 Å². The molecule has 0 aliphatic heterocycles. The summed E-state index contributed by atoms with van der Waals surface area (Å²) in [4.78, 5) is 12.5. The van der Waals surface area contributed by atoms with Crippen LogP contribution in [-0.2, 0) is 0 Å². The van der Waals surface area contributed by atoms with E-state index in [2.05, 4.69) is 15.9 Å². The van der Waals surface area contributed by atoms with Crippen LogP contribution in [0.5, 0.6) is 0 Å². The van der Waals surface area contributed by atoms with Crippen LogP contribution in [0, 0.1) is 5.82 Å². The molecule has 3 aromatic rings. The van der Waals surface area contributed by atoms with E-state index in [4.69, 9.17) is 5.73 Å². The Kier molecular flexibility index (Phi) is 3.06. The van der Waals surface area contributed by atoms with E-state index in [9.17, 15) is 9.18 Å². The van der Waals surface area contributed by atoms with Gasteiger partial charge in [0.2, 0.25) is 0 Å². The molecule has 1 aromatic heterocycles. The van der Waals surface area contributed by atoms with Gasteiger partial charge in [0, 0.05) is 5.39 Å². The van der Waals surface area contributed by atoms with Crippen molar-refractivity contribution in [1.29, 1.82) is 0 Å². The Morgan fingerprint density at radius 3 is 2.60 bits per heavy atom. The van der Waals surface area contributed by atoms with Crippen molar-refractivity contribution in [1.82, 2.24) is 4.57 Å². The molecule has 0 saturated carbocycles. The fourth-order valence-electron chi connectivity index (χ4n) is 2.17. The molecule has 3 rings (SSSR count). The van der Waals surface area contributed by atoms with E-state index in [1.54, 1.807) is 18.2 Å². The maximum Gasteiger partial charge on any atom is 0.264 e. The first-order valence-electron chi connectivity index (χ1n) is 5.93. The normalized spacial score (nSPS) is 10.9. The van der Waals surface area contributed by atoms with E-state index in [0.29, 0.717) is 16.9 Å². The number of halogens is 2. The zero-order valence-corrected chi connectivity index (χ0v) is 11.9. The zero-order chi connectivity index (χ0) is 14.3. The number of hydrogen-bond acceptors (Lipinski definition) is 2. The molecule has 0 aliphatic rings. The number of nitrogens with zero attached hydrogens (tertiary/aromatic N) is 1. The standard InChI is InChI=1S/C15H10BrFN2O/c16-12-8-10(5-6-13(12)17)19-14(18)7-9-3-1-2-4-11(9)15(19)20/h1-8H,18H2. The summed E-state index contributed by atoms with van der Waals surface area (Å²) in [7, 11) is 0. The van der Waals surface area contributed by atoms with Crippen molar-refractivity contribution in [2.75, 3.05) is 5.73 Å². The van der Waals surface area contributed by atoms with Crippen molar-refractivity contribution < 1.29 is 4.39 Å². The van der Waals surface area contributed by atoms with E-state index in [0.717, 1.165) is 5.39 Å². The number of anilines is 1. The second-order valence-electron chi connectivity index (χ2n) is 4.40. The Labute approximate surface area is 122 Å². The highest BCUT2D eigenvalue weighted by Crippen LogP contribution is 2.22. The van der Waals surface area contributed by atoms with Gasteiger partial charge in [0.1, 0.15) is 11.6 Å². The third-order valence-corrected chi connectivity index (χ3v) is 3.72. The fraction of sp³-hybridized carbons (Fsp3) is 0.